The van der Waals surface area contributed by atoms with Gasteiger partial charge in [-0.05, 0) is 156 Å². The molecule has 1 saturated heterocycles. The van der Waals surface area contributed by atoms with Gasteiger partial charge in [0.2, 0.25) is 0 Å². The average Bonchev–Trinajstić information content (AvgIpc) is 2.80. The first-order chi connectivity index (χ1) is 16.0. The van der Waals surface area contributed by atoms with Gasteiger partial charge in [0.15, 0.2) is 0 Å². The third-order valence-corrected chi connectivity index (χ3v) is 5.66. The molecule has 0 bridgehead atoms. The van der Waals surface area contributed by atoms with Crippen LogP contribution in [0.3, 0.4) is 0 Å². The van der Waals surface area contributed by atoms with E-state index < -0.39 is 0 Å². The van der Waals surface area contributed by atoms with Gasteiger partial charge in [-0.2, -0.15) is 0 Å². The third-order valence-electron chi connectivity index (χ3n) is 5.66. The molecule has 1 rings (SSSR count). The molecule has 0 saturated carbocycles. The molecule has 8 heteroatoms. The van der Waals surface area contributed by atoms with E-state index in [1.807, 2.05) is 0 Å². The summed E-state index contributed by atoms with van der Waals surface area (Å²) >= 11 is 0. The van der Waals surface area contributed by atoms with Crippen LogP contribution < -0.4 is 42.5 Å². The molecule has 0 unspecified atom stereocenters. The van der Waals surface area contributed by atoms with Crippen molar-refractivity contribution < 1.29 is 0 Å². The second-order valence-corrected chi connectivity index (χ2v) is 8.83. The molecule has 0 aromatic heterocycles. The lowest BCUT2D eigenvalue weighted by Gasteiger charge is -2.09. The molecule has 0 aromatic carbocycles. The monoisotopic (exact) mass is 456 g/mol. The minimum absolute atomic E-state index is 1.12. The molecule has 1 fully saturated rings. The fraction of sp³-hybridized carbons (Fsp3) is 1.00. The second-order valence-electron chi connectivity index (χ2n) is 8.83. The van der Waals surface area contributed by atoms with Crippen LogP contribution in [0.2, 0.25) is 0 Å². The van der Waals surface area contributed by atoms with Crippen LogP contribution in [0.4, 0.5) is 0 Å². The van der Waals surface area contributed by atoms with Gasteiger partial charge in [0, 0.05) is 0 Å². The highest BCUT2D eigenvalue weighted by molar-refractivity contribution is 4.59. The van der Waals surface area contributed by atoms with Crippen LogP contribution in [0.1, 0.15) is 51.4 Å². The van der Waals surface area contributed by atoms with Crippen molar-refractivity contribution in [3.63, 3.8) is 0 Å². The van der Waals surface area contributed by atoms with Gasteiger partial charge < -0.3 is 42.5 Å². The number of nitrogens with one attached hydrogen (secondary N) is 8. The quantitative estimate of drug-likeness (QED) is 0.255. The Balaban J connectivity index is 2.00. The Hall–Kier alpha value is -0.320. The fourth-order valence-corrected chi connectivity index (χ4v) is 3.71. The number of rotatable bonds is 0. The van der Waals surface area contributed by atoms with Gasteiger partial charge in [-0.25, -0.2) is 0 Å². The van der Waals surface area contributed by atoms with Crippen molar-refractivity contribution in [1.82, 2.24) is 42.5 Å². The van der Waals surface area contributed by atoms with E-state index in [0.717, 1.165) is 105 Å². The highest BCUT2D eigenvalue weighted by atomic mass is 14.9. The van der Waals surface area contributed by atoms with E-state index in [4.69, 9.17) is 0 Å². The summed E-state index contributed by atoms with van der Waals surface area (Å²) in [5.41, 5.74) is 0. The van der Waals surface area contributed by atoms with Crippen LogP contribution >= 0.6 is 0 Å². The van der Waals surface area contributed by atoms with Crippen molar-refractivity contribution in [3.05, 3.63) is 0 Å². The minimum atomic E-state index is 1.12. The van der Waals surface area contributed by atoms with Gasteiger partial charge in [-0.1, -0.05) is 0 Å². The summed E-state index contributed by atoms with van der Waals surface area (Å²) < 4.78 is 0. The molecular weight excluding hydrogens is 400 g/mol. The Morgan fingerprint density at radius 1 is 0.156 bits per heavy atom. The van der Waals surface area contributed by atoms with Crippen molar-refractivity contribution in [2.75, 3.05) is 105 Å². The van der Waals surface area contributed by atoms with E-state index in [9.17, 15) is 0 Å². The SMILES string of the molecule is C1CNCCCNCCCNCCCNCCCNCCCNCCCNCCCNC1. The van der Waals surface area contributed by atoms with E-state index in [0.29, 0.717) is 0 Å². The van der Waals surface area contributed by atoms with E-state index >= 15 is 0 Å². The highest BCUT2D eigenvalue weighted by Gasteiger charge is 1.95. The van der Waals surface area contributed by atoms with Gasteiger partial charge in [-0.15, -0.1) is 0 Å². The van der Waals surface area contributed by atoms with Crippen molar-refractivity contribution in [3.8, 4) is 0 Å². The Morgan fingerprint density at radius 2 is 0.250 bits per heavy atom. The van der Waals surface area contributed by atoms with Gasteiger partial charge in [0.1, 0.15) is 0 Å². The summed E-state index contributed by atoms with van der Waals surface area (Å²) in [4.78, 5) is 0. The number of hydrogen-bond donors (Lipinski definition) is 8. The molecule has 8 nitrogen and oxygen atoms in total. The predicted octanol–water partition coefficient (Wildman–Crippen LogP) is -0.162. The Morgan fingerprint density at radius 3 is 0.344 bits per heavy atom. The second kappa shape index (κ2) is 26.9. The van der Waals surface area contributed by atoms with Crippen molar-refractivity contribution in [1.29, 1.82) is 0 Å². The van der Waals surface area contributed by atoms with Gasteiger partial charge in [0.25, 0.3) is 0 Å². The molecule has 1 aliphatic rings. The largest absolute Gasteiger partial charge is 0.317 e. The van der Waals surface area contributed by atoms with Crippen molar-refractivity contribution in [2.24, 2.45) is 0 Å². The van der Waals surface area contributed by atoms with Crippen LogP contribution in [-0.2, 0) is 0 Å². The van der Waals surface area contributed by atoms with E-state index in [-0.39, 0.29) is 0 Å². The zero-order valence-corrected chi connectivity index (χ0v) is 21.0. The molecular formula is C24H56N8. The predicted molar refractivity (Wildman–Crippen MR) is 140 cm³/mol. The molecule has 0 aromatic rings. The lowest BCUT2D eigenvalue weighted by Crippen LogP contribution is -2.29. The first-order valence-corrected chi connectivity index (χ1v) is 13.7. The van der Waals surface area contributed by atoms with Crippen LogP contribution in [0.5, 0.6) is 0 Å². The smallest absolute Gasteiger partial charge is 0.00368 e. The maximum Gasteiger partial charge on any atom is -0.00368 e. The maximum atomic E-state index is 3.55. The van der Waals surface area contributed by atoms with Crippen LogP contribution in [0.25, 0.3) is 0 Å². The maximum absolute atomic E-state index is 3.55. The molecule has 0 aliphatic carbocycles. The summed E-state index contributed by atoms with van der Waals surface area (Å²) in [5, 5.41) is 28.4. The summed E-state index contributed by atoms with van der Waals surface area (Å²) in [6.07, 6.45) is 9.69. The normalized spacial score (nSPS) is 24.0. The summed E-state index contributed by atoms with van der Waals surface area (Å²) in [6, 6.07) is 0. The molecule has 1 heterocycles. The van der Waals surface area contributed by atoms with Gasteiger partial charge >= 0.3 is 0 Å². The van der Waals surface area contributed by atoms with Crippen LogP contribution in [0.15, 0.2) is 0 Å². The van der Waals surface area contributed by atoms with Crippen molar-refractivity contribution in [2.45, 2.75) is 51.4 Å². The number of hydrogen-bond acceptors (Lipinski definition) is 8. The fourth-order valence-electron chi connectivity index (χ4n) is 3.71. The standard InChI is InChI=1S/C24H56N8/c1-9-25-11-2-13-27-15-4-17-29-19-6-21-31-23-8-24-32-22-7-20-30-18-5-16-28-14-3-12-26-10-1/h25-32H,1-24H2. The van der Waals surface area contributed by atoms with Crippen molar-refractivity contribution >= 4 is 0 Å². The highest BCUT2D eigenvalue weighted by Crippen LogP contribution is 1.83. The summed E-state index contributed by atoms with van der Waals surface area (Å²) in [5.74, 6) is 0. The zero-order chi connectivity index (χ0) is 22.6. The van der Waals surface area contributed by atoms with Crippen LogP contribution in [-0.4, -0.2) is 105 Å². The average molecular weight is 457 g/mol. The van der Waals surface area contributed by atoms with E-state index in [1.165, 1.54) is 51.4 Å². The zero-order valence-electron chi connectivity index (χ0n) is 21.0. The molecule has 192 valence electrons. The molecule has 0 amide bonds. The molecule has 0 radical (unpaired) electrons. The summed E-state index contributed by atoms with van der Waals surface area (Å²) in [7, 11) is 0. The molecule has 0 spiro atoms. The van der Waals surface area contributed by atoms with Gasteiger partial charge in [-0.3, -0.25) is 0 Å². The molecule has 32 heavy (non-hydrogen) atoms. The van der Waals surface area contributed by atoms with E-state index in [1.54, 1.807) is 0 Å². The Labute approximate surface area is 199 Å². The van der Waals surface area contributed by atoms with Crippen LogP contribution in [0, 0.1) is 0 Å². The Bertz CT molecular complexity index is 186. The van der Waals surface area contributed by atoms with Gasteiger partial charge in [0.05, 0.1) is 0 Å². The lowest BCUT2D eigenvalue weighted by molar-refractivity contribution is 0.528. The minimum Gasteiger partial charge on any atom is -0.317 e. The molecule has 0 atom stereocenters. The third kappa shape index (κ3) is 24.3. The summed E-state index contributed by atoms with van der Waals surface area (Å²) in [6.45, 7) is 17.9. The molecule has 1 aliphatic heterocycles. The first kappa shape index (κ1) is 29.7. The lowest BCUT2D eigenvalue weighted by atomic mass is 10.3. The van der Waals surface area contributed by atoms with E-state index in [2.05, 4.69) is 42.5 Å². The molecule has 8 N–H and O–H groups in total. The first-order valence-electron chi connectivity index (χ1n) is 13.7. The topological polar surface area (TPSA) is 96.2 Å². The Kier molecular flexibility index (Phi) is 25.0.